The molecular weight excluding hydrogens is 206 g/mol. The lowest BCUT2D eigenvalue weighted by Gasteiger charge is -2.02. The van der Waals surface area contributed by atoms with Crippen molar-refractivity contribution in [3.8, 4) is 0 Å². The normalized spacial score (nSPS) is 10.4. The lowest BCUT2D eigenvalue weighted by molar-refractivity contribution is -0.116. The third-order valence-electron chi connectivity index (χ3n) is 1.28. The van der Waals surface area contributed by atoms with Gasteiger partial charge in [-0.15, -0.1) is 5.10 Å². The van der Waals surface area contributed by atoms with Gasteiger partial charge < -0.3 is 5.32 Å². The van der Waals surface area contributed by atoms with Gasteiger partial charge in [-0.05, 0) is 18.1 Å². The van der Waals surface area contributed by atoms with Crippen LogP contribution in [0.15, 0.2) is 0 Å². The van der Waals surface area contributed by atoms with Crippen molar-refractivity contribution >= 4 is 34.6 Å². The molecule has 0 aliphatic heterocycles. The summed E-state index contributed by atoms with van der Waals surface area (Å²) in [5.74, 6) is 0.333. The van der Waals surface area contributed by atoms with Crippen molar-refractivity contribution in [3.63, 3.8) is 0 Å². The summed E-state index contributed by atoms with van der Waals surface area (Å²) in [6.45, 7) is 3.98. The predicted molar refractivity (Wildman–Crippen MR) is 55.4 cm³/mol. The molecule has 1 amide bonds. The highest BCUT2D eigenvalue weighted by molar-refractivity contribution is 7.73. The fraction of sp³-hybridized carbons (Fsp3) is 0.571. The Kier molecular flexibility index (Phi) is 3.56. The van der Waals surface area contributed by atoms with Crippen molar-refractivity contribution in [1.29, 1.82) is 0 Å². The lowest BCUT2D eigenvalue weighted by atomic mass is 10.1. The predicted octanol–water partition coefficient (Wildman–Crippen LogP) is 2.19. The number of carbonyl (C=O) groups is 1. The van der Waals surface area contributed by atoms with Gasteiger partial charge in [-0.25, -0.2) is 0 Å². The van der Waals surface area contributed by atoms with Gasteiger partial charge in [-0.1, -0.05) is 25.2 Å². The first-order valence-electron chi connectivity index (χ1n) is 3.93. The summed E-state index contributed by atoms with van der Waals surface area (Å²) in [6, 6.07) is 0. The molecule has 0 bridgehead atoms. The minimum absolute atomic E-state index is 0.0206. The van der Waals surface area contributed by atoms with E-state index in [-0.39, 0.29) is 5.91 Å². The van der Waals surface area contributed by atoms with E-state index in [0.29, 0.717) is 21.4 Å². The van der Waals surface area contributed by atoms with Gasteiger partial charge in [-0.3, -0.25) is 9.89 Å². The highest BCUT2D eigenvalue weighted by Crippen LogP contribution is 2.11. The molecule has 1 heterocycles. The second kappa shape index (κ2) is 4.48. The summed E-state index contributed by atoms with van der Waals surface area (Å²) in [7, 11) is 0. The largest absolute Gasteiger partial charge is 0.301 e. The summed E-state index contributed by atoms with van der Waals surface area (Å²) in [5, 5.41) is 9.62. The molecule has 0 aliphatic rings. The first-order valence-corrected chi connectivity index (χ1v) is 5.15. The first kappa shape index (κ1) is 10.3. The van der Waals surface area contributed by atoms with Crippen LogP contribution in [0.3, 0.4) is 0 Å². The number of hydrogen-bond acceptors (Lipinski definition) is 4. The highest BCUT2D eigenvalue weighted by Gasteiger charge is 2.06. The molecule has 72 valence electrons. The van der Waals surface area contributed by atoms with E-state index in [1.165, 1.54) is 11.3 Å². The average Bonchev–Trinajstić information content (AvgIpc) is 2.33. The monoisotopic (exact) mass is 217 g/mol. The second-order valence-electron chi connectivity index (χ2n) is 3.06. The number of aromatic nitrogens is 2. The summed E-state index contributed by atoms with van der Waals surface area (Å²) >= 11 is 6.08. The Hall–Kier alpha value is -0.750. The number of carbonyl (C=O) groups excluding carboxylic acids is 1. The molecule has 0 saturated heterocycles. The van der Waals surface area contributed by atoms with Crippen molar-refractivity contribution in [2.24, 2.45) is 5.92 Å². The molecule has 1 aromatic rings. The van der Waals surface area contributed by atoms with Crippen LogP contribution in [0.4, 0.5) is 5.13 Å². The third-order valence-corrected chi connectivity index (χ3v) is 2.28. The molecule has 2 N–H and O–H groups in total. The minimum atomic E-state index is -0.0206. The molecule has 0 aliphatic carbocycles. The maximum atomic E-state index is 11.2. The quantitative estimate of drug-likeness (QED) is 0.763. The van der Waals surface area contributed by atoms with E-state index in [4.69, 9.17) is 12.2 Å². The number of aromatic amines is 1. The fourth-order valence-electron chi connectivity index (χ4n) is 0.824. The molecule has 13 heavy (non-hydrogen) atoms. The number of nitrogens with zero attached hydrogens (tertiary/aromatic N) is 1. The Bertz CT molecular complexity index is 342. The van der Waals surface area contributed by atoms with E-state index in [9.17, 15) is 4.79 Å². The Morgan fingerprint density at radius 2 is 2.46 bits per heavy atom. The molecule has 0 atom stereocenters. The summed E-state index contributed by atoms with van der Waals surface area (Å²) in [4.78, 5) is 11.2. The topological polar surface area (TPSA) is 57.8 Å². The van der Waals surface area contributed by atoms with E-state index in [0.717, 1.165) is 0 Å². The minimum Gasteiger partial charge on any atom is -0.301 e. The van der Waals surface area contributed by atoms with Gasteiger partial charge in [0.05, 0.1) is 0 Å². The molecule has 0 fully saturated rings. The smallest absolute Gasteiger partial charge is 0.226 e. The average molecular weight is 217 g/mol. The van der Waals surface area contributed by atoms with Crippen LogP contribution in [0.25, 0.3) is 0 Å². The number of H-pyrrole nitrogens is 1. The van der Waals surface area contributed by atoms with Crippen molar-refractivity contribution in [3.05, 3.63) is 3.95 Å². The molecule has 0 saturated carbocycles. The van der Waals surface area contributed by atoms with Crippen LogP contribution >= 0.6 is 23.6 Å². The Morgan fingerprint density at radius 1 is 1.77 bits per heavy atom. The highest BCUT2D eigenvalue weighted by atomic mass is 32.1. The van der Waals surface area contributed by atoms with Gasteiger partial charge >= 0.3 is 0 Å². The lowest BCUT2D eigenvalue weighted by Crippen LogP contribution is -2.13. The Labute approximate surface area is 85.4 Å². The van der Waals surface area contributed by atoms with Crippen LogP contribution < -0.4 is 5.32 Å². The van der Waals surface area contributed by atoms with Crippen LogP contribution in [-0.2, 0) is 4.79 Å². The van der Waals surface area contributed by atoms with Gasteiger partial charge in [0, 0.05) is 6.42 Å². The van der Waals surface area contributed by atoms with Crippen molar-refractivity contribution < 1.29 is 4.79 Å². The molecule has 0 aromatic carbocycles. The van der Waals surface area contributed by atoms with Crippen LogP contribution in [0.5, 0.6) is 0 Å². The standard InChI is InChI=1S/C7H11N3OS2/c1-4(2)3-5(11)8-6-9-10-7(12)13-6/h4H,3H2,1-2H3,(H,10,12)(H,8,9,11). The van der Waals surface area contributed by atoms with Crippen LogP contribution in [0.2, 0.25) is 0 Å². The van der Waals surface area contributed by atoms with Gasteiger partial charge in [-0.2, -0.15) is 0 Å². The van der Waals surface area contributed by atoms with E-state index >= 15 is 0 Å². The Balaban J connectivity index is 2.50. The number of amides is 1. The van der Waals surface area contributed by atoms with E-state index in [1.807, 2.05) is 13.8 Å². The Morgan fingerprint density at radius 3 is 2.92 bits per heavy atom. The number of nitrogens with one attached hydrogen (secondary N) is 2. The van der Waals surface area contributed by atoms with Crippen molar-refractivity contribution in [2.75, 3.05) is 5.32 Å². The SMILES string of the molecule is CC(C)CC(=O)Nc1n[nH]c(=S)s1. The molecule has 0 radical (unpaired) electrons. The van der Waals surface area contributed by atoms with Gasteiger partial charge in [0.2, 0.25) is 11.0 Å². The van der Waals surface area contributed by atoms with Gasteiger partial charge in [0.25, 0.3) is 0 Å². The maximum Gasteiger partial charge on any atom is 0.226 e. The zero-order valence-corrected chi connectivity index (χ0v) is 9.09. The van der Waals surface area contributed by atoms with Crippen molar-refractivity contribution in [2.45, 2.75) is 20.3 Å². The first-order chi connectivity index (χ1) is 6.08. The van der Waals surface area contributed by atoms with E-state index in [2.05, 4.69) is 15.5 Å². The molecular formula is C7H11N3OS2. The number of anilines is 1. The zero-order valence-electron chi connectivity index (χ0n) is 7.46. The summed E-state index contributed by atoms with van der Waals surface area (Å²) in [6.07, 6.45) is 0.506. The van der Waals surface area contributed by atoms with Gasteiger partial charge in [0.15, 0.2) is 3.95 Å². The van der Waals surface area contributed by atoms with Gasteiger partial charge in [0.1, 0.15) is 0 Å². The zero-order chi connectivity index (χ0) is 9.84. The summed E-state index contributed by atoms with van der Waals surface area (Å²) in [5.41, 5.74) is 0. The maximum absolute atomic E-state index is 11.2. The molecule has 1 rings (SSSR count). The van der Waals surface area contributed by atoms with Crippen LogP contribution in [0, 0.1) is 9.87 Å². The second-order valence-corrected chi connectivity index (χ2v) is 4.73. The fourth-order valence-corrected chi connectivity index (χ4v) is 1.63. The van der Waals surface area contributed by atoms with Crippen LogP contribution in [0.1, 0.15) is 20.3 Å². The molecule has 0 spiro atoms. The third kappa shape index (κ3) is 3.65. The van der Waals surface area contributed by atoms with Crippen molar-refractivity contribution in [1.82, 2.24) is 10.2 Å². The molecule has 4 nitrogen and oxygen atoms in total. The molecule has 0 unspecified atom stereocenters. The molecule has 1 aromatic heterocycles. The number of rotatable bonds is 3. The van der Waals surface area contributed by atoms with E-state index in [1.54, 1.807) is 0 Å². The van der Waals surface area contributed by atoms with Crippen LogP contribution in [-0.4, -0.2) is 16.1 Å². The summed E-state index contributed by atoms with van der Waals surface area (Å²) < 4.78 is 0.569. The number of hydrogen-bond donors (Lipinski definition) is 2. The van der Waals surface area contributed by atoms with E-state index < -0.39 is 0 Å². The molecule has 6 heteroatoms.